The van der Waals surface area contributed by atoms with Crippen LogP contribution in [0.4, 0.5) is 4.79 Å². The lowest BCUT2D eigenvalue weighted by Crippen LogP contribution is -2.39. The summed E-state index contributed by atoms with van der Waals surface area (Å²) in [6.45, 7) is 2.43. The first-order valence-corrected chi connectivity index (χ1v) is 10.8. The smallest absolute Gasteiger partial charge is 0.324 e. The quantitative estimate of drug-likeness (QED) is 0.451. The number of nitrogens with one attached hydrogen (secondary N) is 1. The number of thioether (sulfide) groups is 1. The van der Waals surface area contributed by atoms with Gasteiger partial charge in [-0.25, -0.2) is 9.78 Å². The van der Waals surface area contributed by atoms with Gasteiger partial charge in [0.05, 0.1) is 36.1 Å². The van der Waals surface area contributed by atoms with E-state index in [0.717, 1.165) is 11.8 Å². The van der Waals surface area contributed by atoms with E-state index in [1.807, 2.05) is 0 Å². The summed E-state index contributed by atoms with van der Waals surface area (Å²) in [4.78, 5) is 44.0. The van der Waals surface area contributed by atoms with Gasteiger partial charge < -0.3 is 14.8 Å². The zero-order valence-corrected chi connectivity index (χ0v) is 18.6. The van der Waals surface area contributed by atoms with Crippen molar-refractivity contribution in [2.45, 2.75) is 17.3 Å². The van der Waals surface area contributed by atoms with Gasteiger partial charge in [-0.2, -0.15) is 0 Å². The fourth-order valence-corrected chi connectivity index (χ4v) is 4.48. The van der Waals surface area contributed by atoms with E-state index in [-0.39, 0.29) is 11.5 Å². The van der Waals surface area contributed by atoms with Crippen LogP contribution in [0.3, 0.4) is 0 Å². The average Bonchev–Trinajstić information content (AvgIpc) is 3.24. The molecule has 1 fully saturated rings. The zero-order valence-electron chi connectivity index (χ0n) is 17.8. The number of hydrogen-bond acceptors (Lipinski definition) is 7. The van der Waals surface area contributed by atoms with Crippen molar-refractivity contribution in [1.82, 2.24) is 19.8 Å². The van der Waals surface area contributed by atoms with Crippen LogP contribution in [0.1, 0.15) is 6.92 Å². The summed E-state index contributed by atoms with van der Waals surface area (Å²) >= 11 is 1.12. The topological polar surface area (TPSA) is 103 Å². The summed E-state index contributed by atoms with van der Waals surface area (Å²) in [7, 11) is 3.05. The van der Waals surface area contributed by atoms with Crippen LogP contribution in [0.25, 0.3) is 16.6 Å². The minimum atomic E-state index is -0.640. The number of carbonyl (C=O) groups is 2. The molecule has 3 amide bonds. The Balaban J connectivity index is 1.82. The first-order chi connectivity index (χ1) is 15.4. The summed E-state index contributed by atoms with van der Waals surface area (Å²) in [5, 5.41) is 2.77. The third-order valence-corrected chi connectivity index (χ3v) is 6.16. The van der Waals surface area contributed by atoms with Gasteiger partial charge >= 0.3 is 6.03 Å². The Morgan fingerprint density at radius 2 is 1.88 bits per heavy atom. The van der Waals surface area contributed by atoms with E-state index in [2.05, 4.69) is 10.3 Å². The molecule has 9 nitrogen and oxygen atoms in total. The molecular formula is C22H22N4O5S. The highest BCUT2D eigenvalue weighted by atomic mass is 32.2. The molecule has 0 spiro atoms. The third-order valence-electron chi connectivity index (χ3n) is 5.12. The van der Waals surface area contributed by atoms with Crippen LogP contribution in [0.15, 0.2) is 52.4 Å². The molecule has 1 aliphatic rings. The van der Waals surface area contributed by atoms with Crippen molar-refractivity contribution >= 4 is 34.6 Å². The molecule has 166 valence electrons. The maximum absolute atomic E-state index is 13.4. The predicted octanol–water partition coefficient (Wildman–Crippen LogP) is 2.44. The van der Waals surface area contributed by atoms with E-state index in [9.17, 15) is 14.4 Å². The number of methoxy groups -OCH3 is 2. The number of nitrogens with zero attached hydrogens (tertiary/aromatic N) is 3. The molecule has 0 saturated carbocycles. The molecule has 1 aliphatic heterocycles. The molecule has 1 aromatic heterocycles. The SMILES string of the molecule is COc1ccc(-n2c(SC(C)C(=O)N3CCNC3=O)nc3ccccc3c2=O)cc1OC. The number of aromatic nitrogens is 2. The predicted molar refractivity (Wildman–Crippen MR) is 121 cm³/mol. The molecule has 1 saturated heterocycles. The Hall–Kier alpha value is -3.53. The lowest BCUT2D eigenvalue weighted by Gasteiger charge is -2.19. The number of rotatable bonds is 6. The Kier molecular flexibility index (Phi) is 6.04. The maximum atomic E-state index is 13.4. The van der Waals surface area contributed by atoms with Gasteiger partial charge in [-0.1, -0.05) is 23.9 Å². The Morgan fingerprint density at radius 1 is 1.12 bits per heavy atom. The van der Waals surface area contributed by atoms with Gasteiger partial charge in [0.2, 0.25) is 5.91 Å². The molecule has 3 aromatic rings. The van der Waals surface area contributed by atoms with Crippen LogP contribution in [-0.2, 0) is 4.79 Å². The van der Waals surface area contributed by atoms with Crippen molar-refractivity contribution in [2.75, 3.05) is 27.3 Å². The van der Waals surface area contributed by atoms with Gasteiger partial charge in [0.1, 0.15) is 0 Å². The summed E-state index contributed by atoms with van der Waals surface area (Å²) in [5.74, 6) is 0.640. The van der Waals surface area contributed by atoms with Gasteiger partial charge in [0.25, 0.3) is 5.56 Å². The van der Waals surface area contributed by atoms with E-state index in [0.29, 0.717) is 46.3 Å². The average molecular weight is 455 g/mol. The molecule has 2 heterocycles. The largest absolute Gasteiger partial charge is 0.493 e. The first-order valence-electron chi connectivity index (χ1n) is 9.94. The first kappa shape index (κ1) is 21.7. The Morgan fingerprint density at radius 3 is 2.56 bits per heavy atom. The van der Waals surface area contributed by atoms with Crippen molar-refractivity contribution < 1.29 is 19.1 Å². The normalized spacial score (nSPS) is 14.3. The highest BCUT2D eigenvalue weighted by Gasteiger charge is 2.31. The number of fused-ring (bicyclic) bond motifs is 1. The van der Waals surface area contributed by atoms with E-state index in [1.54, 1.807) is 49.4 Å². The Labute approximate surface area is 188 Å². The molecule has 0 bridgehead atoms. The number of ether oxygens (including phenoxy) is 2. The molecule has 0 aliphatic carbocycles. The van der Waals surface area contributed by atoms with Gasteiger partial charge in [-0.3, -0.25) is 19.1 Å². The Bertz CT molecular complexity index is 1260. The van der Waals surface area contributed by atoms with Gasteiger partial charge in [-0.15, -0.1) is 0 Å². The van der Waals surface area contributed by atoms with Crippen LogP contribution in [0.5, 0.6) is 11.5 Å². The molecule has 1 N–H and O–H groups in total. The van der Waals surface area contributed by atoms with Crippen molar-refractivity contribution in [3.05, 3.63) is 52.8 Å². The van der Waals surface area contributed by atoms with E-state index >= 15 is 0 Å². The van der Waals surface area contributed by atoms with Crippen LogP contribution in [0, 0.1) is 0 Å². The number of amides is 3. The minimum absolute atomic E-state index is 0.274. The number of para-hydroxylation sites is 1. The van der Waals surface area contributed by atoms with E-state index in [1.165, 1.54) is 23.7 Å². The lowest BCUT2D eigenvalue weighted by atomic mass is 10.2. The standard InChI is InChI=1S/C22H22N4O5S/c1-13(19(27)25-11-10-23-21(25)29)32-22-24-16-7-5-4-6-15(16)20(28)26(22)14-8-9-17(30-2)18(12-14)31-3/h4-9,12-13H,10-11H2,1-3H3,(H,23,29). The van der Waals surface area contributed by atoms with Crippen molar-refractivity contribution in [1.29, 1.82) is 0 Å². The van der Waals surface area contributed by atoms with Crippen LogP contribution in [-0.4, -0.2) is 58.9 Å². The van der Waals surface area contributed by atoms with E-state index in [4.69, 9.17) is 9.47 Å². The summed E-state index contributed by atoms with van der Waals surface area (Å²) in [5.41, 5.74) is 0.770. The molecule has 10 heteroatoms. The highest BCUT2D eigenvalue weighted by molar-refractivity contribution is 8.00. The zero-order chi connectivity index (χ0) is 22.8. The van der Waals surface area contributed by atoms with Gasteiger partial charge in [0.15, 0.2) is 16.7 Å². The molecular weight excluding hydrogens is 432 g/mol. The lowest BCUT2D eigenvalue weighted by molar-refractivity contribution is -0.126. The van der Waals surface area contributed by atoms with Crippen LogP contribution >= 0.6 is 11.8 Å². The number of imide groups is 1. The second kappa shape index (κ2) is 8.91. The maximum Gasteiger partial charge on any atom is 0.324 e. The molecule has 32 heavy (non-hydrogen) atoms. The van der Waals surface area contributed by atoms with Crippen molar-refractivity contribution in [3.63, 3.8) is 0 Å². The monoisotopic (exact) mass is 454 g/mol. The van der Waals surface area contributed by atoms with E-state index < -0.39 is 11.3 Å². The molecule has 4 rings (SSSR count). The number of hydrogen-bond donors (Lipinski definition) is 1. The van der Waals surface area contributed by atoms with Crippen LogP contribution in [0.2, 0.25) is 0 Å². The summed E-state index contributed by atoms with van der Waals surface area (Å²) in [6.07, 6.45) is 0. The number of urea groups is 1. The molecule has 0 radical (unpaired) electrons. The highest BCUT2D eigenvalue weighted by Crippen LogP contribution is 2.32. The van der Waals surface area contributed by atoms with Crippen molar-refractivity contribution in [2.24, 2.45) is 0 Å². The molecule has 1 atom stereocenters. The van der Waals surface area contributed by atoms with Crippen molar-refractivity contribution in [3.8, 4) is 17.2 Å². The van der Waals surface area contributed by atoms with Gasteiger partial charge in [0, 0.05) is 19.2 Å². The third kappa shape index (κ3) is 3.89. The van der Waals surface area contributed by atoms with Crippen LogP contribution < -0.4 is 20.3 Å². The second-order valence-electron chi connectivity index (χ2n) is 7.07. The summed E-state index contributed by atoms with van der Waals surface area (Å²) < 4.78 is 12.1. The number of carbonyl (C=O) groups excluding carboxylic acids is 2. The minimum Gasteiger partial charge on any atom is -0.493 e. The second-order valence-corrected chi connectivity index (χ2v) is 8.38. The molecule has 1 unspecified atom stereocenters. The fraction of sp³-hybridized carbons (Fsp3) is 0.273. The number of benzene rings is 2. The van der Waals surface area contributed by atoms with Gasteiger partial charge in [-0.05, 0) is 31.2 Å². The summed E-state index contributed by atoms with van der Waals surface area (Å²) in [6, 6.07) is 11.7. The fourth-order valence-electron chi connectivity index (χ4n) is 3.49. The molecule has 2 aromatic carbocycles.